The minimum Gasteiger partial charge on any atom is -0.334 e. The fourth-order valence-electron chi connectivity index (χ4n) is 3.25. The lowest BCUT2D eigenvalue weighted by Gasteiger charge is -2.11. The molecule has 9 heteroatoms. The minimum absolute atomic E-state index is 0.118. The number of halogens is 1. The van der Waals surface area contributed by atoms with E-state index in [-0.39, 0.29) is 11.5 Å². The van der Waals surface area contributed by atoms with Crippen molar-refractivity contribution in [2.75, 3.05) is 0 Å². The summed E-state index contributed by atoms with van der Waals surface area (Å²) in [5.41, 5.74) is 2.10. The Morgan fingerprint density at radius 2 is 1.97 bits per heavy atom. The van der Waals surface area contributed by atoms with Crippen molar-refractivity contribution in [2.45, 2.75) is 31.1 Å². The van der Waals surface area contributed by atoms with Crippen LogP contribution in [0.3, 0.4) is 0 Å². The number of hydrogen-bond acceptors (Lipinski definition) is 7. The Kier molecular flexibility index (Phi) is 4.39. The van der Waals surface area contributed by atoms with Gasteiger partial charge in [0.15, 0.2) is 17.5 Å². The van der Waals surface area contributed by atoms with Gasteiger partial charge in [-0.1, -0.05) is 16.8 Å². The molecule has 1 aromatic carbocycles. The maximum atomic E-state index is 14.2. The van der Waals surface area contributed by atoms with E-state index in [1.807, 2.05) is 19.1 Å². The maximum absolute atomic E-state index is 14.2. The number of rotatable bonds is 5. The van der Waals surface area contributed by atoms with E-state index in [1.54, 1.807) is 24.5 Å². The van der Waals surface area contributed by atoms with Crippen LogP contribution in [0.4, 0.5) is 4.39 Å². The highest BCUT2D eigenvalue weighted by Gasteiger charge is 2.33. The number of aromatic nitrogens is 6. The van der Waals surface area contributed by atoms with Gasteiger partial charge >= 0.3 is 0 Å². The average molecular weight is 408 g/mol. The van der Waals surface area contributed by atoms with Gasteiger partial charge in [0.25, 0.3) is 5.89 Å². The molecule has 3 aromatic heterocycles. The van der Waals surface area contributed by atoms with E-state index in [1.165, 1.54) is 6.07 Å². The molecule has 0 amide bonds. The van der Waals surface area contributed by atoms with Crippen molar-refractivity contribution in [3.8, 4) is 22.8 Å². The van der Waals surface area contributed by atoms with Gasteiger partial charge in [-0.2, -0.15) is 17.6 Å². The van der Waals surface area contributed by atoms with Gasteiger partial charge in [0.1, 0.15) is 11.1 Å². The van der Waals surface area contributed by atoms with E-state index >= 15 is 0 Å². The quantitative estimate of drug-likeness (QED) is 0.499. The van der Waals surface area contributed by atoms with Crippen LogP contribution in [0.1, 0.15) is 41.3 Å². The minimum atomic E-state index is -0.552. The summed E-state index contributed by atoms with van der Waals surface area (Å²) in [6, 6.07) is 8.86. The lowest BCUT2D eigenvalue weighted by molar-refractivity contribution is 0.420. The van der Waals surface area contributed by atoms with Gasteiger partial charge in [0, 0.05) is 24.0 Å². The van der Waals surface area contributed by atoms with Crippen LogP contribution in [-0.2, 0) is 0 Å². The molecule has 7 nitrogen and oxygen atoms in total. The number of pyridine rings is 1. The largest absolute Gasteiger partial charge is 0.334 e. The normalized spacial score (nSPS) is 14.9. The smallest absolute Gasteiger partial charge is 0.260 e. The lowest BCUT2D eigenvalue weighted by Crippen LogP contribution is -2.08. The third kappa shape index (κ3) is 3.31. The molecule has 0 spiro atoms. The van der Waals surface area contributed by atoms with Crippen LogP contribution < -0.4 is 0 Å². The monoisotopic (exact) mass is 408 g/mol. The van der Waals surface area contributed by atoms with Crippen LogP contribution in [0.25, 0.3) is 22.8 Å². The van der Waals surface area contributed by atoms with Crippen LogP contribution in [0.2, 0.25) is 0 Å². The van der Waals surface area contributed by atoms with E-state index in [9.17, 15) is 4.39 Å². The van der Waals surface area contributed by atoms with Crippen LogP contribution in [0, 0.1) is 12.7 Å². The van der Waals surface area contributed by atoms with Gasteiger partial charge in [-0.15, -0.1) is 10.2 Å². The molecule has 1 aliphatic carbocycles. The molecule has 4 aromatic rings. The van der Waals surface area contributed by atoms with Gasteiger partial charge in [-0.25, -0.2) is 4.39 Å². The van der Waals surface area contributed by atoms with Crippen LogP contribution >= 0.6 is 12.6 Å². The topological polar surface area (TPSA) is 82.5 Å². The van der Waals surface area contributed by atoms with Crippen molar-refractivity contribution in [3.05, 3.63) is 65.8 Å². The molecule has 1 atom stereocenters. The first kappa shape index (κ1) is 18.0. The average Bonchev–Trinajstić information content (AvgIpc) is 3.29. The van der Waals surface area contributed by atoms with Gasteiger partial charge in [-0.3, -0.25) is 4.98 Å². The Bertz CT molecular complexity index is 1170. The van der Waals surface area contributed by atoms with Crippen molar-refractivity contribution < 1.29 is 8.91 Å². The number of nitrogens with zero attached hydrogens (tertiary/aromatic N) is 6. The van der Waals surface area contributed by atoms with Crippen molar-refractivity contribution in [2.24, 2.45) is 0 Å². The molecule has 1 aliphatic rings. The van der Waals surface area contributed by atoms with Crippen LogP contribution in [0.15, 0.2) is 47.2 Å². The van der Waals surface area contributed by atoms with E-state index in [0.29, 0.717) is 17.7 Å². The number of thiol groups is 1. The predicted molar refractivity (Wildman–Crippen MR) is 107 cm³/mol. The summed E-state index contributed by atoms with van der Waals surface area (Å²) in [6.07, 6.45) is 5.55. The molecule has 3 heterocycles. The molecule has 0 N–H and O–H groups in total. The summed E-state index contributed by atoms with van der Waals surface area (Å²) < 4.78 is 21.6. The highest BCUT2D eigenvalue weighted by Crippen LogP contribution is 2.41. The SMILES string of the molecule is Cc1ccc(F)c(-c2nc(C(S)c3nnc(-c4ccncc4)n3C3CC3)no2)c1. The second kappa shape index (κ2) is 7.07. The zero-order valence-corrected chi connectivity index (χ0v) is 16.4. The highest BCUT2D eigenvalue weighted by molar-refractivity contribution is 7.80. The third-order valence-electron chi connectivity index (χ3n) is 4.86. The number of aryl methyl sites for hydroxylation is 1. The first-order chi connectivity index (χ1) is 14.1. The molecule has 0 aliphatic heterocycles. The van der Waals surface area contributed by atoms with Crippen molar-refractivity contribution in [1.82, 2.24) is 29.9 Å². The van der Waals surface area contributed by atoms with Gasteiger partial charge in [0.2, 0.25) is 0 Å². The number of hydrogen-bond donors (Lipinski definition) is 1. The Morgan fingerprint density at radius 3 is 2.72 bits per heavy atom. The zero-order valence-electron chi connectivity index (χ0n) is 15.5. The first-order valence-corrected chi connectivity index (χ1v) is 9.77. The molecule has 0 radical (unpaired) electrons. The highest BCUT2D eigenvalue weighted by atomic mass is 32.1. The Hall–Kier alpha value is -3.07. The van der Waals surface area contributed by atoms with Crippen LogP contribution in [0.5, 0.6) is 0 Å². The van der Waals surface area contributed by atoms with E-state index in [0.717, 1.165) is 29.8 Å². The van der Waals surface area contributed by atoms with E-state index in [2.05, 4.69) is 42.5 Å². The van der Waals surface area contributed by atoms with Gasteiger partial charge < -0.3 is 9.09 Å². The molecular formula is C20H17FN6OS. The first-order valence-electron chi connectivity index (χ1n) is 9.25. The Balaban J connectivity index is 1.52. The second-order valence-electron chi connectivity index (χ2n) is 7.06. The summed E-state index contributed by atoms with van der Waals surface area (Å²) in [4.78, 5) is 8.44. The summed E-state index contributed by atoms with van der Waals surface area (Å²) >= 11 is 4.68. The predicted octanol–water partition coefficient (Wildman–Crippen LogP) is 4.19. The molecular weight excluding hydrogens is 391 g/mol. The standard InChI is InChI=1S/C20H17FN6OS/c1-11-2-5-15(21)14(10-11)20-23-17(26-28-20)16(29)19-25-24-18(27(19)13-3-4-13)12-6-8-22-9-7-12/h2,5-10,13,16,29H,3-4H2,1H3. The Morgan fingerprint density at radius 1 is 1.17 bits per heavy atom. The molecule has 1 unspecified atom stereocenters. The number of benzene rings is 1. The van der Waals surface area contributed by atoms with Crippen LogP contribution in [-0.4, -0.2) is 29.9 Å². The summed E-state index contributed by atoms with van der Waals surface area (Å²) in [7, 11) is 0. The van der Waals surface area contributed by atoms with E-state index in [4.69, 9.17) is 4.52 Å². The molecule has 146 valence electrons. The van der Waals surface area contributed by atoms with Gasteiger partial charge in [0.05, 0.1) is 5.56 Å². The molecule has 29 heavy (non-hydrogen) atoms. The maximum Gasteiger partial charge on any atom is 0.260 e. The Labute approximate surface area is 171 Å². The zero-order chi connectivity index (χ0) is 20.0. The summed E-state index contributed by atoms with van der Waals surface area (Å²) in [5.74, 6) is 1.42. The fourth-order valence-corrected chi connectivity index (χ4v) is 3.54. The van der Waals surface area contributed by atoms with Crippen molar-refractivity contribution in [1.29, 1.82) is 0 Å². The summed E-state index contributed by atoms with van der Waals surface area (Å²) in [5, 5.41) is 12.2. The molecule has 1 saturated carbocycles. The van der Waals surface area contributed by atoms with Crippen molar-refractivity contribution >= 4 is 12.6 Å². The lowest BCUT2D eigenvalue weighted by atomic mass is 10.1. The fraction of sp³-hybridized carbons (Fsp3) is 0.250. The molecule has 5 rings (SSSR count). The molecule has 0 saturated heterocycles. The summed E-state index contributed by atoms with van der Waals surface area (Å²) in [6.45, 7) is 1.88. The molecule has 1 fully saturated rings. The van der Waals surface area contributed by atoms with Crippen molar-refractivity contribution in [3.63, 3.8) is 0 Å². The molecule has 0 bridgehead atoms. The second-order valence-corrected chi connectivity index (χ2v) is 7.58. The van der Waals surface area contributed by atoms with E-state index < -0.39 is 11.1 Å². The van der Waals surface area contributed by atoms with Gasteiger partial charge in [-0.05, 0) is 44.0 Å². The third-order valence-corrected chi connectivity index (χ3v) is 5.32.